The molecule has 3 aliphatic heterocycles. The Morgan fingerprint density at radius 3 is 2.00 bits per heavy atom. The average molecular weight is 488 g/mol. The zero-order chi connectivity index (χ0) is 24.6. The second-order valence-corrected chi connectivity index (χ2v) is 7.92. The van der Waals surface area contributed by atoms with E-state index in [4.69, 9.17) is 23.7 Å². The van der Waals surface area contributed by atoms with Crippen molar-refractivity contribution in [3.8, 4) is 0 Å². The van der Waals surface area contributed by atoms with E-state index in [1.165, 1.54) is 0 Å². The maximum Gasteiger partial charge on any atom is 0.335 e. The summed E-state index contributed by atoms with van der Waals surface area (Å²) in [5, 5.41) is 98.2. The molecule has 0 spiro atoms. The van der Waals surface area contributed by atoms with Gasteiger partial charge < -0.3 is 74.7 Å². The number of aliphatic carboxylic acids is 1. The molecule has 3 aliphatic rings. The van der Waals surface area contributed by atoms with E-state index in [-0.39, 0.29) is 0 Å². The van der Waals surface area contributed by atoms with Crippen LogP contribution in [0.25, 0.3) is 0 Å². The minimum absolute atomic E-state index is 0.523. The summed E-state index contributed by atoms with van der Waals surface area (Å²) in [4.78, 5) is 11.4. The summed E-state index contributed by atoms with van der Waals surface area (Å²) in [6.07, 6.45) is -24.5. The Labute approximate surface area is 185 Å². The highest BCUT2D eigenvalue weighted by molar-refractivity contribution is 5.73. The van der Waals surface area contributed by atoms with Crippen LogP contribution < -0.4 is 0 Å². The molecular weight excluding hydrogens is 460 g/mol. The summed E-state index contributed by atoms with van der Waals surface area (Å²) in [6.45, 7) is -1.24. The number of hydrogen-bond donors (Lipinski definition) is 10. The Balaban J connectivity index is 1.64. The van der Waals surface area contributed by atoms with Crippen LogP contribution in [0.3, 0.4) is 0 Å². The average Bonchev–Trinajstić information content (AvgIpc) is 2.78. The second kappa shape index (κ2) is 10.7. The second-order valence-electron chi connectivity index (χ2n) is 7.92. The highest BCUT2D eigenvalue weighted by Gasteiger charge is 2.52. The zero-order valence-corrected chi connectivity index (χ0v) is 16.9. The predicted molar refractivity (Wildman–Crippen MR) is 95.8 cm³/mol. The van der Waals surface area contributed by atoms with Gasteiger partial charge in [0.1, 0.15) is 61.0 Å². The smallest absolute Gasteiger partial charge is 0.335 e. The van der Waals surface area contributed by atoms with Crippen molar-refractivity contribution in [2.45, 2.75) is 86.0 Å². The van der Waals surface area contributed by atoms with Gasteiger partial charge in [0, 0.05) is 0 Å². The van der Waals surface area contributed by atoms with Gasteiger partial charge in [0.15, 0.2) is 25.0 Å². The molecule has 16 nitrogen and oxygen atoms in total. The van der Waals surface area contributed by atoms with Crippen LogP contribution in [-0.4, -0.2) is 156 Å². The van der Waals surface area contributed by atoms with E-state index in [1.54, 1.807) is 0 Å². The third kappa shape index (κ3) is 5.29. The van der Waals surface area contributed by atoms with Crippen LogP contribution >= 0.6 is 0 Å². The molecule has 0 bridgehead atoms. The molecule has 0 unspecified atom stereocenters. The van der Waals surface area contributed by atoms with E-state index in [2.05, 4.69) is 0 Å². The number of carboxylic acid groups (broad SMARTS) is 1. The fraction of sp³-hybridized carbons (Fsp3) is 0.941. The largest absolute Gasteiger partial charge is 0.479 e. The summed E-state index contributed by atoms with van der Waals surface area (Å²) in [7, 11) is 0. The van der Waals surface area contributed by atoms with Crippen molar-refractivity contribution in [3.63, 3.8) is 0 Å². The maximum absolute atomic E-state index is 11.4. The SMILES string of the molecule is O=C(O)[C@H]1O[C@@H](O)[C@H](O)[C@@H](O)[C@@H]1O[C@@H]1OC[C@H](O[C@@H]2O[C@H](CO)[C@@H](O)[C@H](O)[C@H]2O)[C@H](O)[C@H]1O. The lowest BCUT2D eigenvalue weighted by Gasteiger charge is -2.45. The van der Waals surface area contributed by atoms with Crippen LogP contribution in [-0.2, 0) is 28.5 Å². The molecule has 0 aliphatic carbocycles. The highest BCUT2D eigenvalue weighted by Crippen LogP contribution is 2.29. The quantitative estimate of drug-likeness (QED) is 0.166. The zero-order valence-electron chi connectivity index (χ0n) is 16.9. The number of ether oxygens (including phenoxy) is 5. The third-order valence-electron chi connectivity index (χ3n) is 5.69. The van der Waals surface area contributed by atoms with E-state index in [0.717, 1.165) is 0 Å². The summed E-state index contributed by atoms with van der Waals surface area (Å²) < 4.78 is 25.7. The lowest BCUT2D eigenvalue weighted by molar-refractivity contribution is -0.360. The van der Waals surface area contributed by atoms with Crippen LogP contribution in [0.1, 0.15) is 0 Å². The molecule has 0 amide bonds. The standard InChI is InChI=1S/C17H28O16/c18-1-3-5(19)7(21)11(25)17(30-3)31-4-2-29-16(10(24)6(4)20)33-12-8(22)9(23)15(28)32-13(12)14(26)27/h3-13,15-25,28H,1-2H2,(H,26,27)/t3-,4+,5-,6+,7+,8-,9-,10-,11-,12+,13+,15-,16+,17+/m1/s1. The van der Waals surface area contributed by atoms with Crippen molar-refractivity contribution < 1.29 is 79.5 Å². The number of rotatable bonds is 6. The van der Waals surface area contributed by atoms with Crippen LogP contribution in [0, 0.1) is 0 Å². The molecule has 0 radical (unpaired) electrons. The van der Waals surface area contributed by atoms with Gasteiger partial charge in [-0.3, -0.25) is 0 Å². The maximum atomic E-state index is 11.4. The molecule has 10 N–H and O–H groups in total. The number of carboxylic acids is 1. The number of aliphatic hydroxyl groups excluding tert-OH is 9. The minimum atomic E-state index is -2.01. The molecule has 0 aromatic heterocycles. The molecule has 16 heteroatoms. The van der Waals surface area contributed by atoms with Crippen molar-refractivity contribution >= 4 is 5.97 Å². The van der Waals surface area contributed by atoms with Crippen molar-refractivity contribution in [3.05, 3.63) is 0 Å². The van der Waals surface area contributed by atoms with E-state index < -0.39 is 105 Å². The van der Waals surface area contributed by atoms with Crippen LogP contribution in [0.15, 0.2) is 0 Å². The lowest BCUT2D eigenvalue weighted by atomic mass is 9.97. The van der Waals surface area contributed by atoms with E-state index in [1.807, 2.05) is 0 Å². The Morgan fingerprint density at radius 2 is 1.39 bits per heavy atom. The van der Waals surface area contributed by atoms with E-state index >= 15 is 0 Å². The molecule has 33 heavy (non-hydrogen) atoms. The molecule has 3 fully saturated rings. The van der Waals surface area contributed by atoms with E-state index in [9.17, 15) is 55.9 Å². The van der Waals surface area contributed by atoms with E-state index in [0.29, 0.717) is 0 Å². The first-order chi connectivity index (χ1) is 15.5. The first kappa shape index (κ1) is 26.5. The molecule has 0 aromatic rings. The van der Waals surface area contributed by atoms with Crippen molar-refractivity contribution in [1.29, 1.82) is 0 Å². The summed E-state index contributed by atoms with van der Waals surface area (Å²) in [6, 6.07) is 0. The molecule has 192 valence electrons. The lowest BCUT2D eigenvalue weighted by Crippen LogP contribution is -2.64. The molecular formula is C17H28O16. The minimum Gasteiger partial charge on any atom is -0.479 e. The van der Waals surface area contributed by atoms with Gasteiger partial charge in [0.2, 0.25) is 0 Å². The molecule has 0 saturated carbocycles. The molecule has 14 atom stereocenters. The van der Waals surface area contributed by atoms with Crippen LogP contribution in [0.2, 0.25) is 0 Å². The summed E-state index contributed by atoms with van der Waals surface area (Å²) >= 11 is 0. The van der Waals surface area contributed by atoms with Crippen LogP contribution in [0.5, 0.6) is 0 Å². The van der Waals surface area contributed by atoms with Crippen molar-refractivity contribution in [2.75, 3.05) is 13.2 Å². The van der Waals surface area contributed by atoms with Gasteiger partial charge in [-0.1, -0.05) is 0 Å². The monoisotopic (exact) mass is 488 g/mol. The third-order valence-corrected chi connectivity index (χ3v) is 5.69. The van der Waals surface area contributed by atoms with Gasteiger partial charge in [-0.15, -0.1) is 0 Å². The normalized spacial score (nSPS) is 51.3. The Morgan fingerprint density at radius 1 is 0.758 bits per heavy atom. The van der Waals surface area contributed by atoms with Gasteiger partial charge in [0.05, 0.1) is 13.2 Å². The topological polar surface area (TPSA) is 266 Å². The van der Waals surface area contributed by atoms with Gasteiger partial charge in [-0.2, -0.15) is 0 Å². The van der Waals surface area contributed by atoms with Crippen LogP contribution in [0.4, 0.5) is 0 Å². The van der Waals surface area contributed by atoms with Crippen molar-refractivity contribution in [1.82, 2.24) is 0 Å². The fourth-order valence-corrected chi connectivity index (χ4v) is 3.72. The van der Waals surface area contributed by atoms with Gasteiger partial charge in [0.25, 0.3) is 0 Å². The Kier molecular flexibility index (Phi) is 8.57. The molecule has 3 heterocycles. The summed E-state index contributed by atoms with van der Waals surface area (Å²) in [5.41, 5.74) is 0. The van der Waals surface area contributed by atoms with Crippen molar-refractivity contribution in [2.24, 2.45) is 0 Å². The highest BCUT2D eigenvalue weighted by atomic mass is 16.7. The number of hydrogen-bond acceptors (Lipinski definition) is 15. The van der Waals surface area contributed by atoms with Gasteiger partial charge in [-0.05, 0) is 0 Å². The molecule has 3 saturated heterocycles. The molecule has 3 rings (SSSR count). The molecule has 0 aromatic carbocycles. The number of carbonyl (C=O) groups is 1. The first-order valence-corrected chi connectivity index (χ1v) is 9.99. The Hall–Kier alpha value is -1.09. The number of aliphatic hydroxyl groups is 9. The van der Waals surface area contributed by atoms with Gasteiger partial charge in [-0.25, -0.2) is 4.79 Å². The Bertz CT molecular complexity index is 663. The van der Waals surface area contributed by atoms with Gasteiger partial charge >= 0.3 is 5.97 Å². The first-order valence-electron chi connectivity index (χ1n) is 9.99. The summed E-state index contributed by atoms with van der Waals surface area (Å²) in [5.74, 6) is -1.65. The fourth-order valence-electron chi connectivity index (χ4n) is 3.72. The predicted octanol–water partition coefficient (Wildman–Crippen LogP) is -6.84.